The van der Waals surface area contributed by atoms with E-state index in [-0.39, 0.29) is 5.03 Å². The highest BCUT2D eigenvalue weighted by Crippen LogP contribution is 2.19. The molecule has 6 heteroatoms. The van der Waals surface area contributed by atoms with Gasteiger partial charge in [0.15, 0.2) is 0 Å². The van der Waals surface area contributed by atoms with Crippen LogP contribution >= 0.6 is 0 Å². The van der Waals surface area contributed by atoms with Crippen LogP contribution in [0, 0.1) is 6.92 Å². The minimum atomic E-state index is -2.38. The third-order valence-corrected chi connectivity index (χ3v) is 2.58. The normalized spacial score (nSPS) is 14.2. The van der Waals surface area contributed by atoms with Crippen LogP contribution < -0.4 is 0 Å². The first-order valence-corrected chi connectivity index (χ1v) is 5.73. The Bertz CT molecular complexity index is 433. The summed E-state index contributed by atoms with van der Waals surface area (Å²) in [6, 6.07) is 3.04. The van der Waals surface area contributed by atoms with E-state index in [4.69, 9.17) is 4.74 Å². The molecule has 0 fully saturated rings. The standard InChI is InChI=1S/C10H13NO4S/c1-6-4-5-9(16(13)14)11-10(6)7(2)15-8(3)12/h4-5,7H,1-3H3,(H,13,14)/p-1. The fourth-order valence-corrected chi connectivity index (χ4v) is 1.69. The summed E-state index contributed by atoms with van der Waals surface area (Å²) >= 11 is -2.38. The fourth-order valence-electron chi connectivity index (χ4n) is 1.33. The molecule has 0 N–H and O–H groups in total. The molecule has 1 aromatic heterocycles. The maximum absolute atomic E-state index is 10.8. The van der Waals surface area contributed by atoms with Gasteiger partial charge in [-0.15, -0.1) is 0 Å². The van der Waals surface area contributed by atoms with Gasteiger partial charge in [0.25, 0.3) is 0 Å². The second-order valence-corrected chi connectivity index (χ2v) is 4.23. The maximum Gasteiger partial charge on any atom is 0.303 e. The summed E-state index contributed by atoms with van der Waals surface area (Å²) in [5.41, 5.74) is 1.24. The van der Waals surface area contributed by atoms with E-state index in [1.54, 1.807) is 19.9 Å². The number of aromatic nitrogens is 1. The Morgan fingerprint density at radius 2 is 2.19 bits per heavy atom. The smallest absolute Gasteiger partial charge is 0.303 e. The molecule has 0 aliphatic heterocycles. The maximum atomic E-state index is 10.8. The quantitative estimate of drug-likeness (QED) is 0.588. The van der Waals surface area contributed by atoms with Gasteiger partial charge in [0.05, 0.1) is 5.69 Å². The lowest BCUT2D eigenvalue weighted by molar-refractivity contribution is -0.146. The van der Waals surface area contributed by atoms with Crippen molar-refractivity contribution in [2.75, 3.05) is 0 Å². The molecule has 0 aromatic carbocycles. The Balaban J connectivity index is 3.06. The molecule has 1 rings (SSSR count). The number of hydrogen-bond acceptors (Lipinski definition) is 5. The lowest BCUT2D eigenvalue weighted by atomic mass is 10.1. The van der Waals surface area contributed by atoms with Crippen LogP contribution in [-0.2, 0) is 20.6 Å². The molecule has 0 saturated heterocycles. The van der Waals surface area contributed by atoms with Crippen LogP contribution in [0.5, 0.6) is 0 Å². The molecule has 2 unspecified atom stereocenters. The van der Waals surface area contributed by atoms with Crippen LogP contribution in [-0.4, -0.2) is 19.7 Å². The van der Waals surface area contributed by atoms with Crippen molar-refractivity contribution >= 4 is 17.0 Å². The molecule has 0 bridgehead atoms. The Morgan fingerprint density at radius 1 is 1.56 bits per heavy atom. The molecule has 0 aliphatic carbocycles. The lowest BCUT2D eigenvalue weighted by Crippen LogP contribution is -2.10. The Hall–Kier alpha value is -1.27. The average Bonchev–Trinajstić information content (AvgIpc) is 2.16. The SMILES string of the molecule is CC(=O)OC(C)c1nc(S(=O)[O-])ccc1C. The minimum Gasteiger partial charge on any atom is -0.767 e. The van der Waals surface area contributed by atoms with Crippen molar-refractivity contribution in [2.45, 2.75) is 31.9 Å². The van der Waals surface area contributed by atoms with E-state index >= 15 is 0 Å². The predicted molar refractivity (Wildman–Crippen MR) is 56.3 cm³/mol. The van der Waals surface area contributed by atoms with Gasteiger partial charge < -0.3 is 9.29 Å². The van der Waals surface area contributed by atoms with Crippen molar-refractivity contribution in [2.24, 2.45) is 0 Å². The second kappa shape index (κ2) is 5.18. The second-order valence-electron chi connectivity index (χ2n) is 3.34. The van der Waals surface area contributed by atoms with E-state index in [0.29, 0.717) is 5.69 Å². The first-order valence-electron chi connectivity index (χ1n) is 4.66. The molecule has 5 nitrogen and oxygen atoms in total. The Kier molecular flexibility index (Phi) is 4.14. The first kappa shape index (κ1) is 12.8. The molecular weight excluding hydrogens is 230 g/mol. The van der Waals surface area contributed by atoms with Gasteiger partial charge in [-0.3, -0.25) is 9.00 Å². The number of hydrogen-bond donors (Lipinski definition) is 0. The number of aryl methyl sites for hydroxylation is 1. The van der Waals surface area contributed by atoms with Crippen molar-refractivity contribution in [3.63, 3.8) is 0 Å². The van der Waals surface area contributed by atoms with Gasteiger partial charge in [-0.05, 0) is 36.6 Å². The molecule has 88 valence electrons. The summed E-state index contributed by atoms with van der Waals surface area (Å²) in [7, 11) is 0. The van der Waals surface area contributed by atoms with Crippen molar-refractivity contribution in [1.29, 1.82) is 0 Å². The molecule has 0 radical (unpaired) electrons. The van der Waals surface area contributed by atoms with E-state index < -0.39 is 23.2 Å². The predicted octanol–water partition coefficient (Wildman–Crippen LogP) is 1.25. The van der Waals surface area contributed by atoms with Crippen LogP contribution in [0.2, 0.25) is 0 Å². The van der Waals surface area contributed by atoms with Gasteiger partial charge in [0.2, 0.25) is 0 Å². The van der Waals surface area contributed by atoms with Crippen molar-refractivity contribution in [3.05, 3.63) is 23.4 Å². The zero-order chi connectivity index (χ0) is 12.3. The highest BCUT2D eigenvalue weighted by molar-refractivity contribution is 7.79. The minimum absolute atomic E-state index is 0.0559. The largest absolute Gasteiger partial charge is 0.767 e. The molecule has 0 saturated carbocycles. The molecule has 16 heavy (non-hydrogen) atoms. The summed E-state index contributed by atoms with van der Waals surface area (Å²) < 4.78 is 26.4. The molecule has 1 aromatic rings. The summed E-state index contributed by atoms with van der Waals surface area (Å²) in [4.78, 5) is 14.7. The lowest BCUT2D eigenvalue weighted by Gasteiger charge is -2.15. The van der Waals surface area contributed by atoms with Gasteiger partial charge in [-0.2, -0.15) is 0 Å². The average molecular weight is 242 g/mol. The summed E-state index contributed by atoms with van der Waals surface area (Å²) in [6.07, 6.45) is -0.555. The topological polar surface area (TPSA) is 79.3 Å². The van der Waals surface area contributed by atoms with Crippen LogP contribution in [0.3, 0.4) is 0 Å². The summed E-state index contributed by atoms with van der Waals surface area (Å²) in [5, 5.41) is -0.0559. The number of pyridine rings is 1. The number of carbonyl (C=O) groups is 1. The van der Waals surface area contributed by atoms with Gasteiger partial charge in [-0.25, -0.2) is 4.98 Å². The third kappa shape index (κ3) is 3.11. The highest BCUT2D eigenvalue weighted by Gasteiger charge is 2.13. The van der Waals surface area contributed by atoms with Crippen molar-refractivity contribution in [1.82, 2.24) is 4.98 Å². The van der Waals surface area contributed by atoms with E-state index in [0.717, 1.165) is 5.56 Å². The molecular formula is C10H12NO4S-. The van der Waals surface area contributed by atoms with Gasteiger partial charge in [0, 0.05) is 6.92 Å². The number of carbonyl (C=O) groups excluding carboxylic acids is 1. The van der Waals surface area contributed by atoms with Crippen LogP contribution in [0.1, 0.15) is 31.2 Å². The van der Waals surface area contributed by atoms with Gasteiger partial charge in [-0.1, -0.05) is 6.07 Å². The van der Waals surface area contributed by atoms with Crippen LogP contribution in [0.25, 0.3) is 0 Å². The monoisotopic (exact) mass is 242 g/mol. The van der Waals surface area contributed by atoms with E-state index in [9.17, 15) is 13.6 Å². The van der Waals surface area contributed by atoms with Gasteiger partial charge >= 0.3 is 5.97 Å². The highest BCUT2D eigenvalue weighted by atomic mass is 32.2. The number of rotatable bonds is 3. The van der Waals surface area contributed by atoms with Gasteiger partial charge in [0.1, 0.15) is 11.1 Å². The van der Waals surface area contributed by atoms with Crippen LogP contribution in [0.15, 0.2) is 17.2 Å². The van der Waals surface area contributed by atoms with E-state index in [1.807, 2.05) is 0 Å². The zero-order valence-corrected chi connectivity index (χ0v) is 10.0. The Morgan fingerprint density at radius 3 is 2.69 bits per heavy atom. The van der Waals surface area contributed by atoms with E-state index in [1.165, 1.54) is 13.0 Å². The summed E-state index contributed by atoms with van der Waals surface area (Å²) in [5.74, 6) is -0.428. The zero-order valence-electron chi connectivity index (χ0n) is 9.22. The Labute approximate surface area is 96.1 Å². The van der Waals surface area contributed by atoms with E-state index in [2.05, 4.69) is 4.98 Å². The molecule has 0 spiro atoms. The van der Waals surface area contributed by atoms with Crippen molar-refractivity contribution in [3.8, 4) is 0 Å². The molecule has 2 atom stereocenters. The first-order chi connectivity index (χ1) is 7.41. The number of ether oxygens (including phenoxy) is 1. The number of nitrogens with zero attached hydrogens (tertiary/aromatic N) is 1. The fraction of sp³-hybridized carbons (Fsp3) is 0.400. The molecule has 1 heterocycles. The molecule has 0 amide bonds. The van der Waals surface area contributed by atoms with Crippen molar-refractivity contribution < 1.29 is 18.3 Å². The van der Waals surface area contributed by atoms with Crippen LogP contribution in [0.4, 0.5) is 0 Å². The number of esters is 1. The molecule has 0 aliphatic rings. The summed E-state index contributed by atoms with van der Waals surface area (Å²) in [6.45, 7) is 4.72. The third-order valence-electron chi connectivity index (χ3n) is 2.01.